The molecule has 0 saturated heterocycles. The Balaban J connectivity index is 1.73. The van der Waals surface area contributed by atoms with E-state index in [0.717, 1.165) is 28.2 Å². The van der Waals surface area contributed by atoms with Gasteiger partial charge in [-0.05, 0) is 37.1 Å². The fourth-order valence-corrected chi connectivity index (χ4v) is 3.01. The van der Waals surface area contributed by atoms with Crippen molar-refractivity contribution in [2.24, 2.45) is 0 Å². The highest BCUT2D eigenvalue weighted by Gasteiger charge is 2.24. The Labute approximate surface area is 150 Å². The zero-order chi connectivity index (χ0) is 17.5. The molecular weight excluding hydrogens is 324 g/mol. The number of anilines is 2. The summed E-state index contributed by atoms with van der Waals surface area (Å²) in [7, 11) is 0. The van der Waals surface area contributed by atoms with Gasteiger partial charge in [0, 0.05) is 23.0 Å². The first-order valence-corrected chi connectivity index (χ1v) is 8.71. The molecule has 2 heterocycles. The van der Waals surface area contributed by atoms with Gasteiger partial charge in [0.2, 0.25) is 0 Å². The van der Waals surface area contributed by atoms with Crippen molar-refractivity contribution < 1.29 is 0 Å². The van der Waals surface area contributed by atoms with Crippen molar-refractivity contribution in [2.45, 2.75) is 18.9 Å². The van der Waals surface area contributed by atoms with Gasteiger partial charge in [-0.1, -0.05) is 30.3 Å². The van der Waals surface area contributed by atoms with Crippen molar-refractivity contribution in [3.8, 4) is 17.1 Å². The number of hydrogen-bond acceptors (Lipinski definition) is 5. The second-order valence-electron chi connectivity index (χ2n) is 6.56. The molecule has 0 bridgehead atoms. The Morgan fingerprint density at radius 1 is 1.00 bits per heavy atom. The average molecular weight is 342 g/mol. The van der Waals surface area contributed by atoms with Crippen LogP contribution in [0.2, 0.25) is 0 Å². The van der Waals surface area contributed by atoms with Gasteiger partial charge in [0.05, 0.1) is 0 Å². The maximum absolute atomic E-state index is 5.95. The predicted octanol–water partition coefficient (Wildman–Crippen LogP) is 3.64. The smallest absolute Gasteiger partial charge is 0.170 e. The summed E-state index contributed by atoms with van der Waals surface area (Å²) in [5.74, 6) is 1.43. The number of rotatable bonds is 4. The minimum absolute atomic E-state index is 0.476. The van der Waals surface area contributed by atoms with Crippen LogP contribution in [-0.2, 0) is 0 Å². The second-order valence-corrected chi connectivity index (χ2v) is 6.56. The Hall–Kier alpha value is -3.41. The minimum Gasteiger partial charge on any atom is -0.399 e. The molecule has 0 aliphatic heterocycles. The van der Waals surface area contributed by atoms with E-state index in [2.05, 4.69) is 10.3 Å². The SMILES string of the molecule is Nc1cccc(-c2nc(NC3CC3)c3ncn(-c4ccccc4)c3n2)c1. The van der Waals surface area contributed by atoms with Crippen LogP contribution in [0.3, 0.4) is 0 Å². The average Bonchev–Trinajstić information content (AvgIpc) is 3.38. The lowest BCUT2D eigenvalue weighted by Gasteiger charge is -2.09. The van der Waals surface area contributed by atoms with Gasteiger partial charge < -0.3 is 11.1 Å². The highest BCUT2D eigenvalue weighted by molar-refractivity contribution is 5.86. The van der Waals surface area contributed by atoms with E-state index in [9.17, 15) is 0 Å². The number of hydrogen-bond donors (Lipinski definition) is 2. The summed E-state index contributed by atoms with van der Waals surface area (Å²) in [5, 5.41) is 3.49. The fourth-order valence-electron chi connectivity index (χ4n) is 3.01. The Bertz CT molecular complexity index is 1080. The molecule has 3 N–H and O–H groups in total. The van der Waals surface area contributed by atoms with E-state index < -0.39 is 0 Å². The monoisotopic (exact) mass is 342 g/mol. The van der Waals surface area contributed by atoms with Gasteiger partial charge in [-0.3, -0.25) is 4.57 Å². The van der Waals surface area contributed by atoms with Crippen LogP contribution in [0.1, 0.15) is 12.8 Å². The third-order valence-electron chi connectivity index (χ3n) is 4.49. The molecule has 0 spiro atoms. The molecule has 1 fully saturated rings. The molecule has 1 aliphatic rings. The summed E-state index contributed by atoms with van der Waals surface area (Å²) >= 11 is 0. The lowest BCUT2D eigenvalue weighted by atomic mass is 10.2. The van der Waals surface area contributed by atoms with E-state index in [4.69, 9.17) is 15.7 Å². The van der Waals surface area contributed by atoms with Crippen molar-refractivity contribution in [3.05, 3.63) is 60.9 Å². The number of imidazole rings is 1. The van der Waals surface area contributed by atoms with Crippen LogP contribution in [0.5, 0.6) is 0 Å². The van der Waals surface area contributed by atoms with Gasteiger partial charge in [0.1, 0.15) is 6.33 Å². The maximum Gasteiger partial charge on any atom is 0.170 e. The Morgan fingerprint density at radius 3 is 2.62 bits per heavy atom. The molecule has 6 nitrogen and oxygen atoms in total. The number of fused-ring (bicyclic) bond motifs is 1. The number of nitrogens with one attached hydrogen (secondary N) is 1. The van der Waals surface area contributed by atoms with Gasteiger partial charge >= 0.3 is 0 Å². The van der Waals surface area contributed by atoms with Crippen molar-refractivity contribution in [1.82, 2.24) is 19.5 Å². The summed E-state index contributed by atoms with van der Waals surface area (Å²) in [4.78, 5) is 14.1. The molecule has 0 amide bonds. The topological polar surface area (TPSA) is 81.6 Å². The van der Waals surface area contributed by atoms with Crippen LogP contribution in [0.15, 0.2) is 60.9 Å². The van der Waals surface area contributed by atoms with Crippen molar-refractivity contribution in [2.75, 3.05) is 11.1 Å². The zero-order valence-corrected chi connectivity index (χ0v) is 14.1. The second kappa shape index (κ2) is 5.84. The van der Waals surface area contributed by atoms with Crippen molar-refractivity contribution in [1.29, 1.82) is 0 Å². The summed E-state index contributed by atoms with van der Waals surface area (Å²) in [6.45, 7) is 0. The zero-order valence-electron chi connectivity index (χ0n) is 14.1. The van der Waals surface area contributed by atoms with E-state index in [1.807, 2.05) is 59.2 Å². The molecule has 0 unspecified atom stereocenters. The summed E-state index contributed by atoms with van der Waals surface area (Å²) in [5.41, 5.74) is 10.1. The van der Waals surface area contributed by atoms with Crippen LogP contribution < -0.4 is 11.1 Å². The van der Waals surface area contributed by atoms with Crippen LogP contribution in [0.25, 0.3) is 28.2 Å². The van der Waals surface area contributed by atoms with Crippen LogP contribution in [-0.4, -0.2) is 25.6 Å². The molecule has 2 aromatic heterocycles. The largest absolute Gasteiger partial charge is 0.399 e. The van der Waals surface area contributed by atoms with E-state index in [1.54, 1.807) is 6.33 Å². The third kappa shape index (κ3) is 2.65. The quantitative estimate of drug-likeness (QED) is 0.553. The molecule has 1 saturated carbocycles. The first-order chi connectivity index (χ1) is 12.8. The molecule has 0 atom stereocenters. The number of nitrogen functional groups attached to an aromatic ring is 1. The lowest BCUT2D eigenvalue weighted by molar-refractivity contribution is 1.06. The Morgan fingerprint density at radius 2 is 1.85 bits per heavy atom. The number of aromatic nitrogens is 4. The standard InChI is InChI=1S/C20H18N6/c21-14-6-4-5-13(11-14)18-24-19(23-15-9-10-15)17-20(25-18)26(12-22-17)16-7-2-1-3-8-16/h1-8,11-12,15H,9-10,21H2,(H,23,24,25). The van der Waals surface area contributed by atoms with Crippen molar-refractivity contribution in [3.63, 3.8) is 0 Å². The van der Waals surface area contributed by atoms with Gasteiger partial charge in [0.15, 0.2) is 22.8 Å². The molecule has 0 radical (unpaired) electrons. The lowest BCUT2D eigenvalue weighted by Crippen LogP contribution is -2.06. The van der Waals surface area contributed by atoms with Crippen LogP contribution in [0.4, 0.5) is 11.5 Å². The highest BCUT2D eigenvalue weighted by atomic mass is 15.2. The van der Waals surface area contributed by atoms with Gasteiger partial charge in [0.25, 0.3) is 0 Å². The third-order valence-corrected chi connectivity index (χ3v) is 4.49. The predicted molar refractivity (Wildman–Crippen MR) is 103 cm³/mol. The van der Waals surface area contributed by atoms with E-state index in [0.29, 0.717) is 17.6 Å². The first-order valence-electron chi connectivity index (χ1n) is 8.71. The molecule has 4 aromatic rings. The molecule has 128 valence electrons. The maximum atomic E-state index is 5.95. The minimum atomic E-state index is 0.476. The summed E-state index contributed by atoms with van der Waals surface area (Å²) in [6.07, 6.45) is 4.13. The normalized spacial score (nSPS) is 13.8. The number of benzene rings is 2. The molecule has 6 heteroatoms. The van der Waals surface area contributed by atoms with Crippen molar-refractivity contribution >= 4 is 22.7 Å². The van der Waals surface area contributed by atoms with Gasteiger partial charge in [-0.25, -0.2) is 15.0 Å². The van der Waals surface area contributed by atoms with Crippen LogP contribution >= 0.6 is 0 Å². The molecule has 26 heavy (non-hydrogen) atoms. The van der Waals surface area contributed by atoms with Crippen LogP contribution in [0, 0.1) is 0 Å². The van der Waals surface area contributed by atoms with E-state index in [1.165, 1.54) is 12.8 Å². The molecule has 1 aliphatic carbocycles. The summed E-state index contributed by atoms with van der Waals surface area (Å²) in [6, 6.07) is 18.2. The Kier molecular flexibility index (Phi) is 3.35. The number of nitrogens with zero attached hydrogens (tertiary/aromatic N) is 4. The number of para-hydroxylation sites is 1. The number of nitrogens with two attached hydrogens (primary N) is 1. The highest BCUT2D eigenvalue weighted by Crippen LogP contribution is 2.30. The summed E-state index contributed by atoms with van der Waals surface area (Å²) < 4.78 is 1.99. The fraction of sp³-hybridized carbons (Fsp3) is 0.150. The molecule has 5 rings (SSSR count). The van der Waals surface area contributed by atoms with E-state index >= 15 is 0 Å². The first kappa shape index (κ1) is 14.9. The van der Waals surface area contributed by atoms with E-state index in [-0.39, 0.29) is 0 Å². The van der Waals surface area contributed by atoms with Gasteiger partial charge in [-0.2, -0.15) is 0 Å². The molecule has 2 aromatic carbocycles. The molecular formula is C20H18N6. The van der Waals surface area contributed by atoms with Gasteiger partial charge in [-0.15, -0.1) is 0 Å².